The number of unbranched alkanes of at least 4 members (excludes halogenated alkanes) is 3. The molecule has 134 valence electrons. The zero-order chi connectivity index (χ0) is 18.1. The summed E-state index contributed by atoms with van der Waals surface area (Å²) in [7, 11) is 0. The van der Waals surface area contributed by atoms with Crippen molar-refractivity contribution in [1.29, 1.82) is 5.26 Å². The van der Waals surface area contributed by atoms with Crippen LogP contribution < -0.4 is 10.1 Å². The van der Waals surface area contributed by atoms with Crippen LogP contribution in [0.1, 0.15) is 57.4 Å². The third kappa shape index (κ3) is 5.54. The van der Waals surface area contributed by atoms with Crippen molar-refractivity contribution in [2.45, 2.75) is 51.9 Å². The van der Waals surface area contributed by atoms with Crippen LogP contribution in [0.5, 0.6) is 5.75 Å². The minimum atomic E-state index is -0.174. The molecule has 0 unspecified atom stereocenters. The van der Waals surface area contributed by atoms with Gasteiger partial charge < -0.3 is 10.1 Å². The Hall–Kier alpha value is -1.93. The Morgan fingerprint density at radius 1 is 1.24 bits per heavy atom. The first-order valence-electron chi connectivity index (χ1n) is 8.99. The van der Waals surface area contributed by atoms with Gasteiger partial charge in [0.25, 0.3) is 0 Å². The molecular weight excluding hydrogens is 332 g/mol. The zero-order valence-electron chi connectivity index (χ0n) is 15.0. The highest BCUT2D eigenvalue weighted by molar-refractivity contribution is 8.03. The third-order valence-corrected chi connectivity index (χ3v) is 5.30. The van der Waals surface area contributed by atoms with Crippen molar-refractivity contribution in [3.8, 4) is 11.8 Å². The molecule has 0 aliphatic carbocycles. The number of allylic oxidation sites excluding steroid dienone is 1. The maximum Gasteiger partial charge on any atom is 0.225 e. The van der Waals surface area contributed by atoms with Gasteiger partial charge in [0.2, 0.25) is 5.91 Å². The lowest BCUT2D eigenvalue weighted by Gasteiger charge is -2.25. The summed E-state index contributed by atoms with van der Waals surface area (Å²) in [5.74, 6) is 1.54. The second-order valence-electron chi connectivity index (χ2n) is 6.07. The summed E-state index contributed by atoms with van der Waals surface area (Å²) in [6.45, 7) is 4.75. The monoisotopic (exact) mass is 358 g/mol. The third-order valence-electron chi connectivity index (χ3n) is 4.19. The lowest BCUT2D eigenvalue weighted by molar-refractivity contribution is -0.120. The number of nitrogens with zero attached hydrogens (tertiary/aromatic N) is 1. The fourth-order valence-electron chi connectivity index (χ4n) is 2.88. The van der Waals surface area contributed by atoms with Crippen LogP contribution in [0.2, 0.25) is 0 Å². The van der Waals surface area contributed by atoms with E-state index < -0.39 is 0 Å². The maximum atomic E-state index is 12.1. The summed E-state index contributed by atoms with van der Waals surface area (Å²) in [5, 5.41) is 13.3. The molecule has 5 heteroatoms. The van der Waals surface area contributed by atoms with Gasteiger partial charge in [-0.25, -0.2) is 0 Å². The molecule has 0 fully saturated rings. The van der Waals surface area contributed by atoms with Crippen molar-refractivity contribution < 1.29 is 9.53 Å². The number of ether oxygens (including phenoxy) is 1. The SMILES string of the molecule is CCCCCCSC1=C(C#N)[C@H](c2ccc(OCC)cc2)CC(=O)N1. The van der Waals surface area contributed by atoms with E-state index >= 15 is 0 Å². The molecule has 1 heterocycles. The number of carbonyl (C=O) groups excluding carboxylic acids is 1. The quantitative estimate of drug-likeness (QED) is 0.648. The van der Waals surface area contributed by atoms with Gasteiger partial charge in [0.05, 0.1) is 23.3 Å². The van der Waals surface area contributed by atoms with Crippen molar-refractivity contribution in [2.75, 3.05) is 12.4 Å². The first-order valence-corrected chi connectivity index (χ1v) is 9.97. The van der Waals surface area contributed by atoms with Gasteiger partial charge in [0.15, 0.2) is 0 Å². The number of rotatable bonds is 9. The molecule has 1 aromatic carbocycles. The molecule has 1 atom stereocenters. The summed E-state index contributed by atoms with van der Waals surface area (Å²) in [5.41, 5.74) is 1.66. The van der Waals surface area contributed by atoms with Crippen LogP contribution in [0.25, 0.3) is 0 Å². The van der Waals surface area contributed by atoms with Gasteiger partial charge in [-0.3, -0.25) is 4.79 Å². The number of hydrogen-bond acceptors (Lipinski definition) is 4. The van der Waals surface area contributed by atoms with Gasteiger partial charge in [0.1, 0.15) is 5.75 Å². The van der Waals surface area contributed by atoms with E-state index in [4.69, 9.17) is 4.74 Å². The minimum Gasteiger partial charge on any atom is -0.494 e. The molecule has 1 N–H and O–H groups in total. The van der Waals surface area contributed by atoms with E-state index in [1.54, 1.807) is 11.8 Å². The smallest absolute Gasteiger partial charge is 0.225 e. The van der Waals surface area contributed by atoms with E-state index in [0.29, 0.717) is 18.6 Å². The van der Waals surface area contributed by atoms with Gasteiger partial charge in [0, 0.05) is 12.3 Å². The Labute approximate surface area is 154 Å². The molecule has 0 bridgehead atoms. The summed E-state index contributed by atoms with van der Waals surface area (Å²) in [6.07, 6.45) is 5.04. The average molecular weight is 359 g/mol. The lowest BCUT2D eigenvalue weighted by Crippen LogP contribution is -2.30. The van der Waals surface area contributed by atoms with Crippen molar-refractivity contribution in [2.24, 2.45) is 0 Å². The van der Waals surface area contributed by atoms with Gasteiger partial charge in [-0.15, -0.1) is 11.8 Å². The highest BCUT2D eigenvalue weighted by Gasteiger charge is 2.29. The van der Waals surface area contributed by atoms with E-state index in [0.717, 1.165) is 28.5 Å². The Balaban J connectivity index is 2.13. The van der Waals surface area contributed by atoms with Crippen LogP contribution in [0, 0.1) is 11.3 Å². The topological polar surface area (TPSA) is 62.1 Å². The molecule has 2 rings (SSSR count). The van der Waals surface area contributed by atoms with Crippen LogP contribution in [0.4, 0.5) is 0 Å². The molecule has 25 heavy (non-hydrogen) atoms. The van der Waals surface area contributed by atoms with E-state index in [1.807, 2.05) is 31.2 Å². The van der Waals surface area contributed by atoms with E-state index in [2.05, 4.69) is 18.3 Å². The molecule has 0 radical (unpaired) electrons. The van der Waals surface area contributed by atoms with Gasteiger partial charge in [-0.05, 0) is 36.8 Å². The number of carbonyl (C=O) groups is 1. The predicted molar refractivity (Wildman–Crippen MR) is 102 cm³/mol. The molecule has 1 aliphatic heterocycles. The first-order chi connectivity index (χ1) is 12.2. The van der Waals surface area contributed by atoms with Crippen molar-refractivity contribution in [3.05, 3.63) is 40.4 Å². The number of thioether (sulfide) groups is 1. The maximum absolute atomic E-state index is 12.1. The van der Waals surface area contributed by atoms with Crippen LogP contribution in [0.3, 0.4) is 0 Å². The number of hydrogen-bond donors (Lipinski definition) is 1. The summed E-state index contributed by atoms with van der Waals surface area (Å²) in [4.78, 5) is 12.1. The second kappa shape index (κ2) is 10.1. The molecule has 1 aliphatic rings. The van der Waals surface area contributed by atoms with Crippen LogP contribution in [-0.4, -0.2) is 18.3 Å². The number of nitriles is 1. The summed E-state index contributed by atoms with van der Waals surface area (Å²) < 4.78 is 5.47. The summed E-state index contributed by atoms with van der Waals surface area (Å²) >= 11 is 1.59. The second-order valence-corrected chi connectivity index (χ2v) is 7.18. The van der Waals surface area contributed by atoms with Crippen LogP contribution in [0.15, 0.2) is 34.9 Å². The Kier molecular flexibility index (Phi) is 7.87. The number of nitrogens with one attached hydrogen (secondary N) is 1. The molecule has 4 nitrogen and oxygen atoms in total. The highest BCUT2D eigenvalue weighted by atomic mass is 32.2. The normalized spacial score (nSPS) is 17.2. The highest BCUT2D eigenvalue weighted by Crippen LogP contribution is 2.36. The largest absolute Gasteiger partial charge is 0.494 e. The number of amides is 1. The van der Waals surface area contributed by atoms with Crippen molar-refractivity contribution in [3.63, 3.8) is 0 Å². The van der Waals surface area contributed by atoms with Crippen molar-refractivity contribution in [1.82, 2.24) is 5.32 Å². The first kappa shape index (κ1) is 19.4. The predicted octanol–water partition coefficient (Wildman–Crippen LogP) is 4.74. The molecular formula is C20H26N2O2S. The molecule has 1 aromatic rings. The Morgan fingerprint density at radius 2 is 2.00 bits per heavy atom. The molecule has 1 amide bonds. The Bertz CT molecular complexity index is 647. The Morgan fingerprint density at radius 3 is 2.64 bits per heavy atom. The molecule has 0 saturated carbocycles. The van der Waals surface area contributed by atoms with Crippen LogP contribution in [-0.2, 0) is 4.79 Å². The van der Waals surface area contributed by atoms with E-state index in [9.17, 15) is 10.1 Å². The van der Waals surface area contributed by atoms with E-state index in [-0.39, 0.29) is 11.8 Å². The van der Waals surface area contributed by atoms with E-state index in [1.165, 1.54) is 19.3 Å². The zero-order valence-corrected chi connectivity index (χ0v) is 15.8. The molecule has 0 spiro atoms. The summed E-state index contributed by atoms with van der Waals surface area (Å²) in [6, 6.07) is 10.0. The van der Waals surface area contributed by atoms with Gasteiger partial charge >= 0.3 is 0 Å². The molecule has 0 saturated heterocycles. The van der Waals surface area contributed by atoms with Gasteiger partial charge in [-0.2, -0.15) is 5.26 Å². The van der Waals surface area contributed by atoms with Crippen LogP contribution >= 0.6 is 11.8 Å². The standard InChI is InChI=1S/C20H26N2O2S/c1-3-5-6-7-12-25-20-18(14-21)17(13-19(23)22-20)15-8-10-16(11-9-15)24-4-2/h8-11,17H,3-7,12-13H2,1-2H3,(H,22,23)/t17-/m0/s1. The fourth-order valence-corrected chi connectivity index (χ4v) is 3.97. The minimum absolute atomic E-state index is 0.0195. The average Bonchev–Trinajstić information content (AvgIpc) is 2.62. The lowest BCUT2D eigenvalue weighted by atomic mass is 9.87. The number of benzene rings is 1. The van der Waals surface area contributed by atoms with Gasteiger partial charge in [-0.1, -0.05) is 38.3 Å². The molecule has 0 aromatic heterocycles. The van der Waals surface area contributed by atoms with Crippen molar-refractivity contribution >= 4 is 17.7 Å². The fraction of sp³-hybridized carbons (Fsp3) is 0.500.